The Kier molecular flexibility index (Phi) is 5.48. The molecule has 0 bridgehead atoms. The van der Waals surface area contributed by atoms with Crippen LogP contribution in [0, 0.1) is 11.8 Å². The summed E-state index contributed by atoms with van der Waals surface area (Å²) < 4.78 is 5.72. The van der Waals surface area contributed by atoms with Crippen LogP contribution in [0.4, 0.5) is 0 Å². The molecule has 0 radical (unpaired) electrons. The van der Waals surface area contributed by atoms with E-state index in [1.165, 1.54) is 0 Å². The molecular formula is C18H22N2O3S. The summed E-state index contributed by atoms with van der Waals surface area (Å²) in [6, 6.07) is 9.70. The molecule has 5 nitrogen and oxygen atoms in total. The molecule has 24 heavy (non-hydrogen) atoms. The highest BCUT2D eigenvalue weighted by atomic mass is 32.1. The van der Waals surface area contributed by atoms with Crippen LogP contribution in [0.3, 0.4) is 0 Å². The van der Waals surface area contributed by atoms with E-state index in [2.05, 4.69) is 16.8 Å². The maximum Gasteiger partial charge on any atom is 0.307 e. The van der Waals surface area contributed by atoms with Gasteiger partial charge in [0.25, 0.3) is 0 Å². The van der Waals surface area contributed by atoms with E-state index in [0.717, 1.165) is 29.4 Å². The van der Waals surface area contributed by atoms with Crippen molar-refractivity contribution in [2.75, 3.05) is 13.1 Å². The summed E-state index contributed by atoms with van der Waals surface area (Å²) >= 11 is 1.59. The van der Waals surface area contributed by atoms with Crippen molar-refractivity contribution in [2.24, 2.45) is 11.8 Å². The molecule has 2 atom stereocenters. The molecule has 1 saturated heterocycles. The number of ether oxygens (including phenoxy) is 1. The number of rotatable bonds is 6. The lowest BCUT2D eigenvalue weighted by Crippen LogP contribution is -2.42. The van der Waals surface area contributed by atoms with E-state index in [-0.39, 0.29) is 5.92 Å². The van der Waals surface area contributed by atoms with Crippen molar-refractivity contribution in [3.63, 3.8) is 0 Å². The first kappa shape index (κ1) is 16.9. The molecule has 0 amide bonds. The van der Waals surface area contributed by atoms with Gasteiger partial charge >= 0.3 is 5.97 Å². The summed E-state index contributed by atoms with van der Waals surface area (Å²) in [7, 11) is 0. The summed E-state index contributed by atoms with van der Waals surface area (Å²) in [5.74, 6) is 0.276. The minimum absolute atomic E-state index is 0.270. The molecule has 2 heterocycles. The van der Waals surface area contributed by atoms with Gasteiger partial charge in [0.1, 0.15) is 17.4 Å². The Morgan fingerprint density at radius 1 is 1.38 bits per heavy atom. The molecule has 3 rings (SSSR count). The Balaban J connectivity index is 1.54. The first-order chi connectivity index (χ1) is 11.6. The van der Waals surface area contributed by atoms with Crippen LogP contribution in [-0.2, 0) is 17.9 Å². The Labute approximate surface area is 145 Å². The van der Waals surface area contributed by atoms with Gasteiger partial charge in [-0.3, -0.25) is 9.69 Å². The summed E-state index contributed by atoms with van der Waals surface area (Å²) in [5.41, 5.74) is 0.991. The van der Waals surface area contributed by atoms with Gasteiger partial charge < -0.3 is 9.84 Å². The largest absolute Gasteiger partial charge is 0.486 e. The highest BCUT2D eigenvalue weighted by Gasteiger charge is 2.29. The Bertz CT molecular complexity index is 674. The predicted molar refractivity (Wildman–Crippen MR) is 93.1 cm³/mol. The topological polar surface area (TPSA) is 62.7 Å². The lowest BCUT2D eigenvalue weighted by atomic mass is 9.90. The van der Waals surface area contributed by atoms with Crippen molar-refractivity contribution in [1.82, 2.24) is 9.88 Å². The molecule has 1 aliphatic rings. The first-order valence-electron chi connectivity index (χ1n) is 8.16. The van der Waals surface area contributed by atoms with Crippen LogP contribution in [0.1, 0.15) is 24.0 Å². The third-order valence-corrected chi connectivity index (χ3v) is 5.05. The average Bonchev–Trinajstić information content (AvgIpc) is 3.01. The number of benzene rings is 1. The molecule has 1 aromatic carbocycles. The monoisotopic (exact) mass is 346 g/mol. The smallest absolute Gasteiger partial charge is 0.307 e. The van der Waals surface area contributed by atoms with Crippen molar-refractivity contribution in [2.45, 2.75) is 26.5 Å². The van der Waals surface area contributed by atoms with Gasteiger partial charge in [-0.2, -0.15) is 0 Å². The molecule has 1 aliphatic heterocycles. The minimum Gasteiger partial charge on any atom is -0.486 e. The zero-order valence-corrected chi connectivity index (χ0v) is 14.5. The molecule has 2 aromatic rings. The van der Waals surface area contributed by atoms with E-state index in [1.807, 2.05) is 35.7 Å². The number of hydrogen-bond acceptors (Lipinski definition) is 5. The van der Waals surface area contributed by atoms with Crippen LogP contribution in [0.2, 0.25) is 0 Å². The highest BCUT2D eigenvalue weighted by Crippen LogP contribution is 2.24. The van der Waals surface area contributed by atoms with Crippen molar-refractivity contribution < 1.29 is 14.6 Å². The van der Waals surface area contributed by atoms with Gasteiger partial charge in [0.2, 0.25) is 0 Å². The third kappa shape index (κ3) is 4.55. The van der Waals surface area contributed by atoms with Crippen LogP contribution in [0.25, 0.3) is 0 Å². The normalized spacial score (nSPS) is 21.5. The van der Waals surface area contributed by atoms with E-state index in [1.54, 1.807) is 11.3 Å². The van der Waals surface area contributed by atoms with E-state index in [0.29, 0.717) is 25.6 Å². The van der Waals surface area contributed by atoms with Crippen molar-refractivity contribution in [3.05, 3.63) is 46.4 Å². The Morgan fingerprint density at radius 3 is 2.92 bits per heavy atom. The summed E-state index contributed by atoms with van der Waals surface area (Å²) in [4.78, 5) is 18.1. The Hall–Kier alpha value is -1.92. The number of carbonyl (C=O) groups is 1. The fourth-order valence-electron chi connectivity index (χ4n) is 3.15. The van der Waals surface area contributed by atoms with Crippen LogP contribution >= 0.6 is 11.3 Å². The fraction of sp³-hybridized carbons (Fsp3) is 0.444. The summed E-state index contributed by atoms with van der Waals surface area (Å²) in [5, 5.41) is 12.2. The predicted octanol–water partition coefficient (Wildman–Crippen LogP) is 3.26. The number of aliphatic carboxylic acids is 1. The maximum atomic E-state index is 11.3. The second-order valence-corrected chi connectivity index (χ2v) is 7.35. The van der Waals surface area contributed by atoms with E-state index < -0.39 is 5.97 Å². The van der Waals surface area contributed by atoms with Crippen LogP contribution in [0.15, 0.2) is 35.7 Å². The molecule has 1 N–H and O–H groups in total. The van der Waals surface area contributed by atoms with Gasteiger partial charge in [-0.25, -0.2) is 4.98 Å². The van der Waals surface area contributed by atoms with Gasteiger partial charge in [0.15, 0.2) is 0 Å². The molecule has 1 aromatic heterocycles. The van der Waals surface area contributed by atoms with Crippen molar-refractivity contribution >= 4 is 17.3 Å². The molecular weight excluding hydrogens is 324 g/mol. The van der Waals surface area contributed by atoms with Crippen LogP contribution in [0.5, 0.6) is 5.75 Å². The lowest BCUT2D eigenvalue weighted by molar-refractivity contribution is -0.144. The SMILES string of the molecule is CC1CC(C(=O)O)CN(Cc2csc(COc3ccccc3)n2)C1. The number of nitrogens with zero attached hydrogens (tertiary/aromatic N) is 2. The van der Waals surface area contributed by atoms with Gasteiger partial charge in [-0.1, -0.05) is 25.1 Å². The molecule has 6 heteroatoms. The second-order valence-electron chi connectivity index (χ2n) is 6.40. The van der Waals surface area contributed by atoms with Crippen molar-refractivity contribution in [1.29, 1.82) is 0 Å². The van der Waals surface area contributed by atoms with Gasteiger partial charge in [-0.05, 0) is 24.5 Å². The van der Waals surface area contributed by atoms with E-state index in [9.17, 15) is 9.90 Å². The number of thiazole rings is 1. The average molecular weight is 346 g/mol. The Morgan fingerprint density at radius 2 is 2.17 bits per heavy atom. The fourth-order valence-corrected chi connectivity index (χ4v) is 3.84. The number of hydrogen-bond donors (Lipinski definition) is 1. The van der Waals surface area contributed by atoms with E-state index in [4.69, 9.17) is 4.74 Å². The molecule has 2 unspecified atom stereocenters. The van der Waals surface area contributed by atoms with Crippen LogP contribution < -0.4 is 4.74 Å². The zero-order chi connectivity index (χ0) is 16.9. The standard InChI is InChI=1S/C18H22N2O3S/c1-13-7-14(18(21)22)9-20(8-13)10-15-12-24-17(19-15)11-23-16-5-3-2-4-6-16/h2-6,12-14H,7-11H2,1H3,(H,21,22). The highest BCUT2D eigenvalue weighted by molar-refractivity contribution is 7.09. The molecule has 1 fully saturated rings. The number of likely N-dealkylation sites (tertiary alicyclic amines) is 1. The van der Waals surface area contributed by atoms with E-state index >= 15 is 0 Å². The number of aromatic nitrogens is 1. The van der Waals surface area contributed by atoms with Crippen LogP contribution in [-0.4, -0.2) is 34.0 Å². The lowest BCUT2D eigenvalue weighted by Gasteiger charge is -2.34. The summed E-state index contributed by atoms with van der Waals surface area (Å²) in [6.45, 7) is 4.81. The molecule has 0 aliphatic carbocycles. The maximum absolute atomic E-state index is 11.3. The molecule has 0 spiro atoms. The molecule has 0 saturated carbocycles. The second kappa shape index (κ2) is 7.77. The first-order valence-corrected chi connectivity index (χ1v) is 9.04. The number of carboxylic acid groups (broad SMARTS) is 1. The summed E-state index contributed by atoms with van der Waals surface area (Å²) in [6.07, 6.45) is 0.763. The van der Waals surface area contributed by atoms with Crippen molar-refractivity contribution in [3.8, 4) is 5.75 Å². The molecule has 128 valence electrons. The number of piperidine rings is 1. The van der Waals surface area contributed by atoms with Gasteiger partial charge in [0, 0.05) is 25.0 Å². The number of para-hydroxylation sites is 1. The zero-order valence-electron chi connectivity index (χ0n) is 13.7. The van der Waals surface area contributed by atoms with Gasteiger partial charge in [-0.15, -0.1) is 11.3 Å². The number of carboxylic acids is 1. The third-order valence-electron chi connectivity index (χ3n) is 4.18. The van der Waals surface area contributed by atoms with Gasteiger partial charge in [0.05, 0.1) is 11.6 Å². The quantitative estimate of drug-likeness (QED) is 0.870. The minimum atomic E-state index is -0.693.